The first-order valence-electron chi connectivity index (χ1n) is 7.13. The van der Waals surface area contributed by atoms with E-state index in [1.54, 1.807) is 4.90 Å². The molecule has 1 aliphatic heterocycles. The smallest absolute Gasteiger partial charge is 0.247 e. The average Bonchev–Trinajstić information content (AvgIpc) is 2.37. The van der Waals surface area contributed by atoms with Crippen molar-refractivity contribution < 1.29 is 9.59 Å². The highest BCUT2D eigenvalue weighted by molar-refractivity contribution is 5.89. The summed E-state index contributed by atoms with van der Waals surface area (Å²) in [4.78, 5) is 26.3. The number of piperazine rings is 1. The molecule has 1 aliphatic rings. The van der Waals surface area contributed by atoms with Crippen molar-refractivity contribution in [3.63, 3.8) is 0 Å². The van der Waals surface area contributed by atoms with E-state index in [9.17, 15) is 9.59 Å². The first kappa shape index (κ1) is 14.6. The van der Waals surface area contributed by atoms with E-state index in [2.05, 4.69) is 5.32 Å². The van der Waals surface area contributed by atoms with Crippen LogP contribution in [0.5, 0.6) is 0 Å². The van der Waals surface area contributed by atoms with Gasteiger partial charge in [0.25, 0.3) is 0 Å². The average molecular weight is 274 g/mol. The topological polar surface area (TPSA) is 49.4 Å². The molecule has 1 heterocycles. The van der Waals surface area contributed by atoms with Crippen LogP contribution in [-0.2, 0) is 9.59 Å². The van der Waals surface area contributed by atoms with Gasteiger partial charge in [-0.1, -0.05) is 43.7 Å². The van der Waals surface area contributed by atoms with Gasteiger partial charge in [0.2, 0.25) is 11.8 Å². The Morgan fingerprint density at radius 3 is 2.85 bits per heavy atom. The lowest BCUT2D eigenvalue weighted by atomic mass is 9.99. The summed E-state index contributed by atoms with van der Waals surface area (Å²) in [6, 6.07) is 7.32. The number of amides is 2. The molecular weight excluding hydrogens is 252 g/mol. The monoisotopic (exact) mass is 274 g/mol. The van der Waals surface area contributed by atoms with Gasteiger partial charge >= 0.3 is 0 Å². The third kappa shape index (κ3) is 3.18. The number of hydrogen-bond donors (Lipinski definition) is 1. The molecule has 0 aromatic heterocycles. The van der Waals surface area contributed by atoms with E-state index in [1.807, 2.05) is 45.0 Å². The third-order valence-corrected chi connectivity index (χ3v) is 3.47. The fourth-order valence-corrected chi connectivity index (χ4v) is 2.57. The molecule has 0 spiro atoms. The predicted molar refractivity (Wildman–Crippen MR) is 78.1 cm³/mol. The SMILES string of the molecule is Cc1cccc(C2C(=O)NCCN2C(=O)CC(C)C)c1. The van der Waals surface area contributed by atoms with Crippen LogP contribution in [0.2, 0.25) is 0 Å². The summed E-state index contributed by atoms with van der Waals surface area (Å²) >= 11 is 0. The van der Waals surface area contributed by atoms with Gasteiger partial charge in [0, 0.05) is 19.5 Å². The highest BCUT2D eigenvalue weighted by Crippen LogP contribution is 2.25. The van der Waals surface area contributed by atoms with Crippen molar-refractivity contribution in [1.82, 2.24) is 10.2 Å². The molecule has 108 valence electrons. The summed E-state index contributed by atoms with van der Waals surface area (Å²) in [7, 11) is 0. The Kier molecular flexibility index (Phi) is 4.42. The molecule has 1 unspecified atom stereocenters. The van der Waals surface area contributed by atoms with Crippen molar-refractivity contribution >= 4 is 11.8 Å². The number of benzene rings is 1. The van der Waals surface area contributed by atoms with Gasteiger partial charge in [-0.2, -0.15) is 0 Å². The standard InChI is InChI=1S/C16H22N2O2/c1-11(2)9-14(19)18-8-7-17-16(20)15(18)13-6-4-5-12(3)10-13/h4-6,10-11,15H,7-9H2,1-3H3,(H,17,20). The first-order valence-corrected chi connectivity index (χ1v) is 7.13. The first-order chi connectivity index (χ1) is 9.49. The molecule has 1 saturated heterocycles. The van der Waals surface area contributed by atoms with Crippen LogP contribution in [0, 0.1) is 12.8 Å². The van der Waals surface area contributed by atoms with Gasteiger partial charge in [0.15, 0.2) is 0 Å². The Morgan fingerprint density at radius 2 is 2.20 bits per heavy atom. The van der Waals surface area contributed by atoms with Gasteiger partial charge in [-0.15, -0.1) is 0 Å². The summed E-state index contributed by atoms with van der Waals surface area (Å²) in [5.41, 5.74) is 1.98. The molecule has 1 N–H and O–H groups in total. The zero-order valence-electron chi connectivity index (χ0n) is 12.3. The maximum absolute atomic E-state index is 12.4. The van der Waals surface area contributed by atoms with E-state index in [-0.39, 0.29) is 11.8 Å². The number of rotatable bonds is 3. The van der Waals surface area contributed by atoms with Gasteiger partial charge in [-0.05, 0) is 18.4 Å². The second-order valence-corrected chi connectivity index (χ2v) is 5.79. The minimum Gasteiger partial charge on any atom is -0.352 e. The number of nitrogens with one attached hydrogen (secondary N) is 1. The summed E-state index contributed by atoms with van der Waals surface area (Å²) < 4.78 is 0. The zero-order valence-corrected chi connectivity index (χ0v) is 12.3. The van der Waals surface area contributed by atoms with E-state index in [4.69, 9.17) is 0 Å². The van der Waals surface area contributed by atoms with Crippen molar-refractivity contribution in [3.8, 4) is 0 Å². The summed E-state index contributed by atoms with van der Waals surface area (Å²) in [5, 5.41) is 2.86. The Balaban J connectivity index is 2.29. The highest BCUT2D eigenvalue weighted by atomic mass is 16.2. The Bertz CT molecular complexity index is 511. The van der Waals surface area contributed by atoms with Crippen molar-refractivity contribution in [2.75, 3.05) is 13.1 Å². The molecule has 1 fully saturated rings. The molecule has 20 heavy (non-hydrogen) atoms. The lowest BCUT2D eigenvalue weighted by Crippen LogP contribution is -2.52. The Labute approximate surface area is 120 Å². The van der Waals surface area contributed by atoms with E-state index in [1.165, 1.54) is 0 Å². The normalized spacial score (nSPS) is 19.1. The number of carbonyl (C=O) groups is 2. The molecule has 0 bridgehead atoms. The lowest BCUT2D eigenvalue weighted by Gasteiger charge is -2.36. The lowest BCUT2D eigenvalue weighted by molar-refractivity contribution is -0.144. The Hall–Kier alpha value is -1.84. The van der Waals surface area contributed by atoms with E-state index >= 15 is 0 Å². The molecular formula is C16H22N2O2. The minimum absolute atomic E-state index is 0.0568. The van der Waals surface area contributed by atoms with Crippen LogP contribution in [0.3, 0.4) is 0 Å². The third-order valence-electron chi connectivity index (χ3n) is 3.47. The largest absolute Gasteiger partial charge is 0.352 e. The van der Waals surface area contributed by atoms with E-state index in [0.717, 1.165) is 11.1 Å². The maximum atomic E-state index is 12.4. The molecule has 2 rings (SSSR count). The summed E-state index contributed by atoms with van der Waals surface area (Å²) in [5.74, 6) is 0.269. The Morgan fingerprint density at radius 1 is 1.45 bits per heavy atom. The van der Waals surface area contributed by atoms with Crippen LogP contribution in [0.15, 0.2) is 24.3 Å². The van der Waals surface area contributed by atoms with Crippen LogP contribution in [0.25, 0.3) is 0 Å². The van der Waals surface area contributed by atoms with E-state index < -0.39 is 6.04 Å². The van der Waals surface area contributed by atoms with Crippen molar-refractivity contribution in [2.45, 2.75) is 33.2 Å². The van der Waals surface area contributed by atoms with Crippen LogP contribution >= 0.6 is 0 Å². The molecule has 1 atom stereocenters. The second kappa shape index (κ2) is 6.07. The van der Waals surface area contributed by atoms with Gasteiger partial charge < -0.3 is 10.2 Å². The molecule has 4 heteroatoms. The number of nitrogens with zero attached hydrogens (tertiary/aromatic N) is 1. The maximum Gasteiger partial charge on any atom is 0.247 e. The molecule has 0 saturated carbocycles. The number of hydrogen-bond acceptors (Lipinski definition) is 2. The van der Waals surface area contributed by atoms with Crippen molar-refractivity contribution in [1.29, 1.82) is 0 Å². The van der Waals surface area contributed by atoms with Crippen LogP contribution < -0.4 is 5.32 Å². The van der Waals surface area contributed by atoms with E-state index in [0.29, 0.717) is 25.4 Å². The van der Waals surface area contributed by atoms with Gasteiger partial charge in [-0.25, -0.2) is 0 Å². The van der Waals surface area contributed by atoms with Crippen molar-refractivity contribution in [2.24, 2.45) is 5.92 Å². The molecule has 0 aliphatic carbocycles. The predicted octanol–water partition coefficient (Wildman–Crippen LogP) is 2.04. The summed E-state index contributed by atoms with van der Waals surface area (Å²) in [6.45, 7) is 7.14. The molecule has 0 radical (unpaired) electrons. The zero-order chi connectivity index (χ0) is 14.7. The molecule has 2 amide bonds. The van der Waals surface area contributed by atoms with Gasteiger partial charge in [0.1, 0.15) is 6.04 Å². The fraction of sp³-hybridized carbons (Fsp3) is 0.500. The van der Waals surface area contributed by atoms with Crippen LogP contribution in [0.1, 0.15) is 37.4 Å². The minimum atomic E-state index is -0.491. The van der Waals surface area contributed by atoms with Crippen LogP contribution in [0.4, 0.5) is 0 Å². The number of carbonyl (C=O) groups excluding carboxylic acids is 2. The molecule has 4 nitrogen and oxygen atoms in total. The fourth-order valence-electron chi connectivity index (χ4n) is 2.57. The van der Waals surface area contributed by atoms with Crippen LogP contribution in [-0.4, -0.2) is 29.8 Å². The highest BCUT2D eigenvalue weighted by Gasteiger charge is 2.34. The quantitative estimate of drug-likeness (QED) is 0.917. The molecule has 1 aromatic carbocycles. The summed E-state index contributed by atoms with van der Waals surface area (Å²) in [6.07, 6.45) is 0.482. The molecule has 1 aromatic rings. The van der Waals surface area contributed by atoms with Gasteiger partial charge in [-0.3, -0.25) is 9.59 Å². The second-order valence-electron chi connectivity index (χ2n) is 5.79. The number of aryl methyl sites for hydroxylation is 1. The van der Waals surface area contributed by atoms with Gasteiger partial charge in [0.05, 0.1) is 0 Å². The van der Waals surface area contributed by atoms with Crippen molar-refractivity contribution in [3.05, 3.63) is 35.4 Å².